The third kappa shape index (κ3) is 6.03. The standard InChI is InChI=1S/C19H33N3O2S.ClH/c1-19(2,3)10-17(23)22-13-25-12-16(22)18(24)21-8-6-15(7-9-21)20-11-14-4-5-14;/h14-16,20H,4-13H2,1-3H3;1H. The Morgan fingerprint density at radius 3 is 2.35 bits per heavy atom. The van der Waals surface area contributed by atoms with Gasteiger partial charge in [0.1, 0.15) is 6.04 Å². The van der Waals surface area contributed by atoms with Crippen LogP contribution in [0, 0.1) is 11.3 Å². The van der Waals surface area contributed by atoms with E-state index in [2.05, 4.69) is 26.1 Å². The number of hydrogen-bond acceptors (Lipinski definition) is 4. The van der Waals surface area contributed by atoms with Gasteiger partial charge in [0.05, 0.1) is 5.88 Å². The van der Waals surface area contributed by atoms with Gasteiger partial charge in [0.2, 0.25) is 11.8 Å². The topological polar surface area (TPSA) is 52.7 Å². The molecule has 2 aliphatic heterocycles. The molecule has 1 aliphatic carbocycles. The number of nitrogens with zero attached hydrogens (tertiary/aromatic N) is 2. The highest BCUT2D eigenvalue weighted by atomic mass is 35.5. The van der Waals surface area contributed by atoms with E-state index in [4.69, 9.17) is 0 Å². The van der Waals surface area contributed by atoms with Crippen LogP contribution in [0.15, 0.2) is 0 Å². The second-order valence-electron chi connectivity index (χ2n) is 9.07. The number of carbonyl (C=O) groups excluding carboxylic acids is 2. The molecular weight excluding hydrogens is 370 g/mol. The maximum atomic E-state index is 13.0. The summed E-state index contributed by atoms with van der Waals surface area (Å²) in [6, 6.07) is 0.303. The molecule has 1 N–H and O–H groups in total. The lowest BCUT2D eigenvalue weighted by molar-refractivity contribution is -0.145. The normalized spacial score (nSPS) is 24.5. The molecule has 0 aromatic carbocycles. The number of likely N-dealkylation sites (tertiary alicyclic amines) is 1. The second kappa shape index (κ2) is 9.16. The van der Waals surface area contributed by atoms with E-state index in [0.29, 0.717) is 18.3 Å². The van der Waals surface area contributed by atoms with Crippen molar-refractivity contribution in [3.63, 3.8) is 0 Å². The predicted octanol–water partition coefficient (Wildman–Crippen LogP) is 2.74. The number of thioether (sulfide) groups is 1. The number of hydrogen-bond donors (Lipinski definition) is 1. The summed E-state index contributed by atoms with van der Waals surface area (Å²) in [6.45, 7) is 9.01. The lowest BCUT2D eigenvalue weighted by Gasteiger charge is -2.36. The summed E-state index contributed by atoms with van der Waals surface area (Å²) >= 11 is 1.70. The molecular formula is C19H34ClN3O2S. The van der Waals surface area contributed by atoms with Crippen LogP contribution >= 0.6 is 24.2 Å². The van der Waals surface area contributed by atoms with Crippen molar-refractivity contribution in [2.45, 2.75) is 65.0 Å². The summed E-state index contributed by atoms with van der Waals surface area (Å²) < 4.78 is 0. The first-order chi connectivity index (χ1) is 11.8. The number of rotatable bonds is 5. The van der Waals surface area contributed by atoms with Gasteiger partial charge in [0.25, 0.3) is 0 Å². The highest BCUT2D eigenvalue weighted by molar-refractivity contribution is 7.99. The third-order valence-corrected chi connectivity index (χ3v) is 6.38. The zero-order chi connectivity index (χ0) is 18.0. The number of halogens is 1. The summed E-state index contributed by atoms with van der Waals surface area (Å²) in [5, 5.41) is 3.66. The molecule has 2 amide bonds. The molecule has 7 heteroatoms. The molecule has 0 aromatic rings. The van der Waals surface area contributed by atoms with Crippen LogP contribution in [0.3, 0.4) is 0 Å². The summed E-state index contributed by atoms with van der Waals surface area (Å²) in [7, 11) is 0. The van der Waals surface area contributed by atoms with Crippen LogP contribution in [-0.4, -0.2) is 65.0 Å². The summed E-state index contributed by atoms with van der Waals surface area (Å²) in [5.41, 5.74) is -0.0382. The van der Waals surface area contributed by atoms with Gasteiger partial charge in [0, 0.05) is 31.3 Å². The zero-order valence-electron chi connectivity index (χ0n) is 16.3. The Labute approximate surface area is 168 Å². The minimum atomic E-state index is -0.254. The van der Waals surface area contributed by atoms with Crippen molar-refractivity contribution in [1.29, 1.82) is 0 Å². The molecule has 26 heavy (non-hydrogen) atoms. The lowest BCUT2D eigenvalue weighted by Crippen LogP contribution is -2.53. The fourth-order valence-corrected chi connectivity index (χ4v) is 4.79. The van der Waals surface area contributed by atoms with E-state index in [0.717, 1.165) is 44.1 Å². The molecule has 0 aromatic heterocycles. The number of nitrogens with one attached hydrogen (secondary N) is 1. The van der Waals surface area contributed by atoms with Gasteiger partial charge < -0.3 is 15.1 Å². The van der Waals surface area contributed by atoms with Crippen molar-refractivity contribution in [3.05, 3.63) is 0 Å². The molecule has 1 unspecified atom stereocenters. The molecule has 3 fully saturated rings. The monoisotopic (exact) mass is 403 g/mol. The average molecular weight is 404 g/mol. The van der Waals surface area contributed by atoms with E-state index >= 15 is 0 Å². The van der Waals surface area contributed by atoms with Gasteiger partial charge in [-0.3, -0.25) is 9.59 Å². The Morgan fingerprint density at radius 1 is 1.12 bits per heavy atom. The van der Waals surface area contributed by atoms with Gasteiger partial charge in [-0.15, -0.1) is 24.2 Å². The maximum Gasteiger partial charge on any atom is 0.246 e. The van der Waals surface area contributed by atoms with Crippen molar-refractivity contribution in [3.8, 4) is 0 Å². The minimum Gasteiger partial charge on any atom is -0.341 e. The van der Waals surface area contributed by atoms with E-state index in [1.165, 1.54) is 12.8 Å². The minimum absolute atomic E-state index is 0. The Balaban J connectivity index is 0.00000243. The third-order valence-electron chi connectivity index (χ3n) is 5.37. The summed E-state index contributed by atoms with van der Waals surface area (Å²) in [5.74, 6) is 2.58. The molecule has 2 saturated heterocycles. The average Bonchev–Trinajstić information content (AvgIpc) is 3.25. The number of carbonyl (C=O) groups is 2. The van der Waals surface area contributed by atoms with Crippen LogP contribution in [-0.2, 0) is 9.59 Å². The predicted molar refractivity (Wildman–Crippen MR) is 110 cm³/mol. The molecule has 5 nitrogen and oxygen atoms in total. The molecule has 0 spiro atoms. The first kappa shape index (κ1) is 21.8. The van der Waals surface area contributed by atoms with Crippen molar-refractivity contribution in [1.82, 2.24) is 15.1 Å². The van der Waals surface area contributed by atoms with E-state index < -0.39 is 0 Å². The molecule has 1 saturated carbocycles. The SMILES string of the molecule is CC(C)(C)CC(=O)N1CSCC1C(=O)N1CCC(NCC2CC2)CC1.Cl. The summed E-state index contributed by atoms with van der Waals surface area (Å²) in [6.07, 6.45) is 5.33. The Kier molecular flexibility index (Phi) is 7.69. The first-order valence-corrected chi connectivity index (χ1v) is 10.9. The van der Waals surface area contributed by atoms with Gasteiger partial charge in [-0.25, -0.2) is 0 Å². The Morgan fingerprint density at radius 2 is 1.77 bits per heavy atom. The number of piperidine rings is 1. The van der Waals surface area contributed by atoms with Crippen LogP contribution in [0.25, 0.3) is 0 Å². The lowest BCUT2D eigenvalue weighted by atomic mass is 9.91. The molecule has 2 heterocycles. The van der Waals surface area contributed by atoms with Gasteiger partial charge in [-0.2, -0.15) is 0 Å². The van der Waals surface area contributed by atoms with Crippen LogP contribution in [0.4, 0.5) is 0 Å². The van der Waals surface area contributed by atoms with E-state index in [-0.39, 0.29) is 35.7 Å². The summed E-state index contributed by atoms with van der Waals surface area (Å²) in [4.78, 5) is 29.4. The fraction of sp³-hybridized carbons (Fsp3) is 0.895. The zero-order valence-corrected chi connectivity index (χ0v) is 18.0. The van der Waals surface area contributed by atoms with E-state index in [1.807, 2.05) is 9.80 Å². The van der Waals surface area contributed by atoms with Gasteiger partial charge in [0.15, 0.2) is 0 Å². The highest BCUT2D eigenvalue weighted by Gasteiger charge is 2.38. The van der Waals surface area contributed by atoms with Crippen LogP contribution in [0.5, 0.6) is 0 Å². The van der Waals surface area contributed by atoms with Crippen molar-refractivity contribution in [2.24, 2.45) is 11.3 Å². The highest BCUT2D eigenvalue weighted by Crippen LogP contribution is 2.29. The van der Waals surface area contributed by atoms with Gasteiger partial charge >= 0.3 is 0 Å². The molecule has 0 bridgehead atoms. The molecule has 3 rings (SSSR count). The van der Waals surface area contributed by atoms with Crippen LogP contribution < -0.4 is 5.32 Å². The number of amides is 2. The van der Waals surface area contributed by atoms with Crippen molar-refractivity contribution in [2.75, 3.05) is 31.3 Å². The first-order valence-electron chi connectivity index (χ1n) is 9.73. The smallest absolute Gasteiger partial charge is 0.246 e. The van der Waals surface area contributed by atoms with Crippen LogP contribution in [0.1, 0.15) is 52.9 Å². The Hall–Kier alpha value is -0.460. The fourth-order valence-electron chi connectivity index (χ4n) is 3.62. The largest absolute Gasteiger partial charge is 0.341 e. The van der Waals surface area contributed by atoms with Gasteiger partial charge in [-0.05, 0) is 43.6 Å². The van der Waals surface area contributed by atoms with Crippen molar-refractivity contribution < 1.29 is 9.59 Å². The van der Waals surface area contributed by atoms with Crippen LogP contribution in [0.2, 0.25) is 0 Å². The molecule has 150 valence electrons. The molecule has 3 aliphatic rings. The van der Waals surface area contributed by atoms with E-state index in [9.17, 15) is 9.59 Å². The quantitative estimate of drug-likeness (QED) is 0.766. The maximum absolute atomic E-state index is 13.0. The Bertz CT molecular complexity index is 500. The molecule has 1 atom stereocenters. The second-order valence-corrected chi connectivity index (χ2v) is 10.1. The van der Waals surface area contributed by atoms with Crippen molar-refractivity contribution >= 4 is 36.0 Å². The molecule has 0 radical (unpaired) electrons. The van der Waals surface area contributed by atoms with E-state index in [1.54, 1.807) is 11.8 Å². The van der Waals surface area contributed by atoms with Gasteiger partial charge in [-0.1, -0.05) is 20.8 Å².